The highest BCUT2D eigenvalue weighted by Crippen LogP contribution is 2.27. The van der Waals surface area contributed by atoms with Crippen LogP contribution in [-0.4, -0.2) is 72.6 Å². The molecular formula is C17H26F5N7. The molecule has 0 unspecified atom stereocenters. The van der Waals surface area contributed by atoms with E-state index in [0.717, 1.165) is 25.1 Å². The van der Waals surface area contributed by atoms with Crippen molar-refractivity contribution >= 4 is 11.9 Å². The van der Waals surface area contributed by atoms with Crippen LogP contribution in [0.25, 0.3) is 0 Å². The molecule has 2 heterocycles. The standard InChI is InChI=1S/C17H26F5N7/c1-2-23-15(27-12-4-9-29(10-5-12)11-14(18)19)25-7-8-26-16-24-6-3-13(28-16)17(20,21)22/h3,6,12,14H,2,4-5,7-11H2,1H3,(H2,23,25,27)(H,24,26,28). The minimum atomic E-state index is -4.52. The van der Waals surface area contributed by atoms with Gasteiger partial charge in [-0.1, -0.05) is 0 Å². The Morgan fingerprint density at radius 1 is 1.31 bits per heavy atom. The number of halogens is 5. The number of guanidine groups is 1. The van der Waals surface area contributed by atoms with Gasteiger partial charge in [0, 0.05) is 38.4 Å². The van der Waals surface area contributed by atoms with Crippen LogP contribution in [0.2, 0.25) is 0 Å². The lowest BCUT2D eigenvalue weighted by Crippen LogP contribution is -2.49. The van der Waals surface area contributed by atoms with Crippen LogP contribution in [0.1, 0.15) is 25.5 Å². The van der Waals surface area contributed by atoms with Crippen molar-refractivity contribution in [3.63, 3.8) is 0 Å². The molecule has 0 saturated carbocycles. The van der Waals surface area contributed by atoms with Crippen LogP contribution < -0.4 is 16.0 Å². The summed E-state index contributed by atoms with van der Waals surface area (Å²) in [5.41, 5.74) is -1.01. The molecule has 1 aromatic heterocycles. The summed E-state index contributed by atoms with van der Waals surface area (Å²) in [5, 5.41) is 9.09. The molecular weight excluding hydrogens is 397 g/mol. The van der Waals surface area contributed by atoms with E-state index in [0.29, 0.717) is 32.1 Å². The number of aliphatic imine (C=N–C) groups is 1. The Hall–Kier alpha value is -2.24. The molecule has 1 aliphatic rings. The first-order chi connectivity index (χ1) is 13.8. The summed E-state index contributed by atoms with van der Waals surface area (Å²) in [4.78, 5) is 13.3. The number of piperidine rings is 1. The molecule has 1 fully saturated rings. The number of anilines is 1. The first-order valence-electron chi connectivity index (χ1n) is 9.47. The number of likely N-dealkylation sites (tertiary alicyclic amines) is 1. The van der Waals surface area contributed by atoms with Gasteiger partial charge in [-0.15, -0.1) is 0 Å². The zero-order valence-electron chi connectivity index (χ0n) is 16.1. The third kappa shape index (κ3) is 8.34. The molecule has 12 heteroatoms. The molecule has 0 atom stereocenters. The third-order valence-electron chi connectivity index (χ3n) is 4.28. The van der Waals surface area contributed by atoms with E-state index >= 15 is 0 Å². The molecule has 29 heavy (non-hydrogen) atoms. The molecule has 2 rings (SSSR count). The van der Waals surface area contributed by atoms with Crippen LogP contribution >= 0.6 is 0 Å². The fourth-order valence-electron chi connectivity index (χ4n) is 2.91. The highest BCUT2D eigenvalue weighted by atomic mass is 19.4. The molecule has 1 aliphatic heterocycles. The number of nitrogens with zero attached hydrogens (tertiary/aromatic N) is 4. The van der Waals surface area contributed by atoms with Crippen LogP contribution in [0.3, 0.4) is 0 Å². The van der Waals surface area contributed by atoms with Gasteiger partial charge in [0.1, 0.15) is 5.69 Å². The van der Waals surface area contributed by atoms with Gasteiger partial charge in [0.15, 0.2) is 5.96 Å². The first kappa shape index (κ1) is 23.0. The van der Waals surface area contributed by atoms with Gasteiger partial charge >= 0.3 is 6.18 Å². The molecule has 0 aromatic carbocycles. The first-order valence-corrected chi connectivity index (χ1v) is 9.47. The number of rotatable bonds is 8. The molecule has 0 amide bonds. The molecule has 0 aliphatic carbocycles. The van der Waals surface area contributed by atoms with Gasteiger partial charge in [-0.25, -0.2) is 18.7 Å². The van der Waals surface area contributed by atoms with Crippen molar-refractivity contribution in [2.45, 2.75) is 38.4 Å². The predicted molar refractivity (Wildman–Crippen MR) is 100 cm³/mol. The number of hydrogen-bond acceptors (Lipinski definition) is 5. The molecule has 3 N–H and O–H groups in total. The Morgan fingerprint density at radius 3 is 2.66 bits per heavy atom. The van der Waals surface area contributed by atoms with Crippen LogP contribution in [0, 0.1) is 0 Å². The lowest BCUT2D eigenvalue weighted by atomic mass is 10.1. The largest absolute Gasteiger partial charge is 0.433 e. The maximum Gasteiger partial charge on any atom is 0.433 e. The number of alkyl halides is 5. The monoisotopic (exact) mass is 423 g/mol. The van der Waals surface area contributed by atoms with Crippen LogP contribution in [0.5, 0.6) is 0 Å². The van der Waals surface area contributed by atoms with E-state index in [4.69, 9.17) is 0 Å². The molecule has 1 saturated heterocycles. The average molecular weight is 423 g/mol. The molecule has 1 aromatic rings. The van der Waals surface area contributed by atoms with Crippen LogP contribution in [0.4, 0.5) is 27.9 Å². The summed E-state index contributed by atoms with van der Waals surface area (Å²) in [5.74, 6) is 0.464. The summed E-state index contributed by atoms with van der Waals surface area (Å²) in [6, 6.07) is 0.935. The minimum Gasteiger partial charge on any atom is -0.357 e. The highest BCUT2D eigenvalue weighted by molar-refractivity contribution is 5.80. The van der Waals surface area contributed by atoms with Crippen molar-refractivity contribution < 1.29 is 22.0 Å². The summed E-state index contributed by atoms with van der Waals surface area (Å²) < 4.78 is 62.9. The lowest BCUT2D eigenvalue weighted by molar-refractivity contribution is -0.141. The summed E-state index contributed by atoms with van der Waals surface area (Å²) >= 11 is 0. The van der Waals surface area contributed by atoms with Crippen molar-refractivity contribution in [2.75, 3.05) is 44.6 Å². The fourth-order valence-corrected chi connectivity index (χ4v) is 2.91. The van der Waals surface area contributed by atoms with E-state index in [-0.39, 0.29) is 25.1 Å². The zero-order valence-corrected chi connectivity index (χ0v) is 16.1. The van der Waals surface area contributed by atoms with E-state index in [2.05, 4.69) is 30.9 Å². The van der Waals surface area contributed by atoms with Crippen molar-refractivity contribution in [2.24, 2.45) is 4.99 Å². The van der Waals surface area contributed by atoms with E-state index in [1.807, 2.05) is 6.92 Å². The third-order valence-corrected chi connectivity index (χ3v) is 4.28. The predicted octanol–water partition coefficient (Wildman–Crippen LogP) is 2.19. The topological polar surface area (TPSA) is 77.5 Å². The van der Waals surface area contributed by atoms with Crippen molar-refractivity contribution in [1.29, 1.82) is 0 Å². The Morgan fingerprint density at radius 2 is 2.03 bits per heavy atom. The Balaban J connectivity index is 1.79. The van der Waals surface area contributed by atoms with Crippen molar-refractivity contribution in [1.82, 2.24) is 25.5 Å². The minimum absolute atomic E-state index is 0.112. The van der Waals surface area contributed by atoms with Gasteiger partial charge in [-0.2, -0.15) is 13.2 Å². The Labute approximate surface area is 166 Å². The maximum absolute atomic E-state index is 12.7. The maximum atomic E-state index is 12.7. The second-order valence-electron chi connectivity index (χ2n) is 6.56. The zero-order chi connectivity index (χ0) is 21.3. The normalized spacial score (nSPS) is 16.9. The van der Waals surface area contributed by atoms with Crippen molar-refractivity contribution in [3.05, 3.63) is 18.0 Å². The van der Waals surface area contributed by atoms with Gasteiger partial charge in [0.2, 0.25) is 5.95 Å². The number of nitrogens with one attached hydrogen (secondary N) is 3. The SMILES string of the molecule is CCNC(=NCCNc1nccc(C(F)(F)F)n1)NC1CCN(CC(F)F)CC1. The summed E-state index contributed by atoms with van der Waals surface area (Å²) in [6.07, 6.45) is -4.34. The van der Waals surface area contributed by atoms with Crippen LogP contribution in [-0.2, 0) is 6.18 Å². The highest BCUT2D eigenvalue weighted by Gasteiger charge is 2.32. The second kappa shape index (κ2) is 11.1. The molecule has 0 spiro atoms. The van der Waals surface area contributed by atoms with Crippen molar-refractivity contribution in [3.8, 4) is 0 Å². The lowest BCUT2D eigenvalue weighted by Gasteiger charge is -2.32. The second-order valence-corrected chi connectivity index (χ2v) is 6.56. The molecule has 164 valence electrons. The fraction of sp³-hybridized carbons (Fsp3) is 0.706. The molecule has 7 nitrogen and oxygen atoms in total. The van der Waals surface area contributed by atoms with Gasteiger partial charge in [0.25, 0.3) is 6.43 Å². The smallest absolute Gasteiger partial charge is 0.357 e. The van der Waals surface area contributed by atoms with E-state index < -0.39 is 18.3 Å². The molecule has 0 bridgehead atoms. The summed E-state index contributed by atoms with van der Waals surface area (Å²) in [7, 11) is 0. The average Bonchev–Trinajstić information content (AvgIpc) is 2.66. The molecule has 0 radical (unpaired) electrons. The van der Waals surface area contributed by atoms with Crippen LogP contribution in [0.15, 0.2) is 17.3 Å². The number of aromatic nitrogens is 2. The van der Waals surface area contributed by atoms with E-state index in [1.165, 1.54) is 0 Å². The Kier molecular flexibility index (Phi) is 8.80. The van der Waals surface area contributed by atoms with E-state index in [9.17, 15) is 22.0 Å². The quantitative estimate of drug-likeness (QED) is 0.258. The van der Waals surface area contributed by atoms with E-state index in [1.54, 1.807) is 4.90 Å². The van der Waals surface area contributed by atoms with Gasteiger partial charge in [-0.3, -0.25) is 9.89 Å². The van der Waals surface area contributed by atoms with Gasteiger partial charge in [0.05, 0.1) is 13.1 Å². The van der Waals surface area contributed by atoms with Gasteiger partial charge < -0.3 is 16.0 Å². The summed E-state index contributed by atoms with van der Waals surface area (Å²) in [6.45, 7) is 4.08. The number of hydrogen-bond donors (Lipinski definition) is 3. The van der Waals surface area contributed by atoms with Gasteiger partial charge in [-0.05, 0) is 25.8 Å². The Bertz CT molecular complexity index is 645.